The summed E-state index contributed by atoms with van der Waals surface area (Å²) in [6.45, 7) is 11.1. The fourth-order valence-electron chi connectivity index (χ4n) is 7.32. The molecule has 1 aromatic rings. The third-order valence-electron chi connectivity index (χ3n) is 9.35. The van der Waals surface area contributed by atoms with Gasteiger partial charge in [0, 0.05) is 24.0 Å². The van der Waals surface area contributed by atoms with Crippen molar-refractivity contribution in [3.8, 4) is 5.88 Å². The number of carbonyl (C=O) groups is 2. The fourth-order valence-corrected chi connectivity index (χ4v) is 7.32. The third-order valence-corrected chi connectivity index (χ3v) is 9.35. The summed E-state index contributed by atoms with van der Waals surface area (Å²) in [6.07, 6.45) is 10.7. The van der Waals surface area contributed by atoms with Crippen molar-refractivity contribution < 1.29 is 14.3 Å². The second kappa shape index (κ2) is 11.0. The minimum atomic E-state index is -0.547. The van der Waals surface area contributed by atoms with Gasteiger partial charge in [0.2, 0.25) is 11.8 Å². The number of nitrogens with one attached hydrogen (secondary N) is 3. The van der Waals surface area contributed by atoms with E-state index in [2.05, 4.69) is 34.9 Å². The molecule has 8 heteroatoms. The number of nitrogens with zero attached hydrogens (tertiary/aromatic N) is 2. The van der Waals surface area contributed by atoms with Crippen LogP contribution in [0.1, 0.15) is 89.4 Å². The van der Waals surface area contributed by atoms with Gasteiger partial charge in [0.05, 0.1) is 12.8 Å². The van der Waals surface area contributed by atoms with Crippen LogP contribution in [0.4, 0.5) is 0 Å². The van der Waals surface area contributed by atoms with Gasteiger partial charge < -0.3 is 20.7 Å². The minimum Gasteiger partial charge on any atom is -0.477 e. The first-order valence-electron chi connectivity index (χ1n) is 14.7. The molecule has 206 valence electrons. The van der Waals surface area contributed by atoms with Gasteiger partial charge in [0.25, 0.3) is 5.91 Å². The van der Waals surface area contributed by atoms with Crippen molar-refractivity contribution >= 4 is 11.8 Å². The maximum absolute atomic E-state index is 13.5. The van der Waals surface area contributed by atoms with Crippen LogP contribution in [0.2, 0.25) is 0 Å². The highest BCUT2D eigenvalue weighted by Gasteiger charge is 2.48. The smallest absolute Gasteiger partial charge is 0.258 e. The van der Waals surface area contributed by atoms with Crippen molar-refractivity contribution in [3.63, 3.8) is 0 Å². The quantitative estimate of drug-likeness (QED) is 0.443. The van der Waals surface area contributed by atoms with E-state index in [1.807, 2.05) is 13.8 Å². The topological polar surface area (TPSA) is 97.3 Å². The highest BCUT2D eigenvalue weighted by molar-refractivity contribution is 5.96. The lowest BCUT2D eigenvalue weighted by atomic mass is 9.54. The van der Waals surface area contributed by atoms with Crippen LogP contribution in [0.15, 0.2) is 6.20 Å². The fraction of sp³-hybridized carbons (Fsp3) is 0.828. The zero-order valence-electron chi connectivity index (χ0n) is 23.2. The van der Waals surface area contributed by atoms with Crippen LogP contribution in [-0.4, -0.2) is 53.4 Å². The molecule has 0 unspecified atom stereocenters. The van der Waals surface area contributed by atoms with Gasteiger partial charge in [-0.3, -0.25) is 9.59 Å². The van der Waals surface area contributed by atoms with E-state index < -0.39 is 5.41 Å². The summed E-state index contributed by atoms with van der Waals surface area (Å²) >= 11 is 0. The third kappa shape index (κ3) is 5.99. The molecule has 6 rings (SSSR count). The number of rotatable bonds is 10. The molecular formula is C29H47N5O3. The first-order valence-corrected chi connectivity index (χ1v) is 14.7. The highest BCUT2D eigenvalue weighted by Crippen LogP contribution is 2.53. The predicted octanol–water partition coefficient (Wildman–Crippen LogP) is 3.76. The van der Waals surface area contributed by atoms with Crippen molar-refractivity contribution in [3.05, 3.63) is 11.8 Å². The monoisotopic (exact) mass is 513 g/mol. The number of aryl methyl sites for hydroxylation is 1. The molecule has 0 spiro atoms. The minimum absolute atomic E-state index is 0.0645. The van der Waals surface area contributed by atoms with Gasteiger partial charge in [-0.1, -0.05) is 27.7 Å². The van der Waals surface area contributed by atoms with Gasteiger partial charge in [0.15, 0.2) is 0 Å². The lowest BCUT2D eigenvalue weighted by Crippen LogP contribution is -2.55. The van der Waals surface area contributed by atoms with E-state index >= 15 is 0 Å². The van der Waals surface area contributed by atoms with Crippen LogP contribution >= 0.6 is 0 Å². The van der Waals surface area contributed by atoms with Crippen molar-refractivity contribution in [2.75, 3.05) is 19.7 Å². The van der Waals surface area contributed by atoms with E-state index in [9.17, 15) is 9.59 Å². The van der Waals surface area contributed by atoms with Gasteiger partial charge in [-0.15, -0.1) is 0 Å². The van der Waals surface area contributed by atoms with Crippen molar-refractivity contribution in [2.45, 2.75) is 97.7 Å². The Balaban J connectivity index is 1.25. The molecule has 37 heavy (non-hydrogen) atoms. The molecule has 5 fully saturated rings. The molecule has 0 aromatic carbocycles. The van der Waals surface area contributed by atoms with Crippen LogP contribution in [0, 0.1) is 35.0 Å². The second-order valence-corrected chi connectivity index (χ2v) is 13.4. The SMILES string of the molecule is CC(C)COc1c(C(=O)NC2C3CC4CC(C3)CC2C4)cnn1CCC(C)(C)C(=O)NC1CCNCC1. The van der Waals surface area contributed by atoms with Gasteiger partial charge in [-0.25, -0.2) is 4.68 Å². The molecule has 2 heterocycles. The number of ether oxygens (including phenoxy) is 1. The molecule has 3 N–H and O–H groups in total. The molecule has 4 bridgehead atoms. The van der Waals surface area contributed by atoms with Crippen LogP contribution < -0.4 is 20.7 Å². The summed E-state index contributed by atoms with van der Waals surface area (Å²) in [5, 5.41) is 14.6. The molecule has 8 nitrogen and oxygen atoms in total. The average Bonchev–Trinajstić information content (AvgIpc) is 3.27. The zero-order valence-corrected chi connectivity index (χ0v) is 23.2. The number of amides is 2. The van der Waals surface area contributed by atoms with Gasteiger partial charge in [-0.05, 0) is 94.0 Å². The van der Waals surface area contributed by atoms with Crippen LogP contribution in [0.5, 0.6) is 5.88 Å². The number of hydrogen-bond donors (Lipinski definition) is 3. The van der Waals surface area contributed by atoms with E-state index in [0.29, 0.717) is 48.8 Å². The van der Waals surface area contributed by atoms with Crippen LogP contribution in [-0.2, 0) is 11.3 Å². The molecule has 4 aliphatic carbocycles. The Morgan fingerprint density at radius 3 is 2.35 bits per heavy atom. The van der Waals surface area contributed by atoms with Crippen LogP contribution in [0.3, 0.4) is 0 Å². The second-order valence-electron chi connectivity index (χ2n) is 13.4. The standard InChI is InChI=1S/C29H47N5O3/c1-18(2)17-37-27-24(26(35)33-25-21-12-19-11-20(14-21)15-22(25)13-19)16-31-34(27)10-7-29(3,4)28(36)32-23-5-8-30-9-6-23/h16,18-23,25,30H,5-15,17H2,1-4H3,(H,32,36)(H,33,35). The molecule has 2 amide bonds. The summed E-state index contributed by atoms with van der Waals surface area (Å²) in [4.78, 5) is 26.6. The van der Waals surface area contributed by atoms with Crippen LogP contribution in [0.25, 0.3) is 0 Å². The van der Waals surface area contributed by atoms with Crippen molar-refractivity contribution in [2.24, 2.45) is 35.0 Å². The van der Waals surface area contributed by atoms with Gasteiger partial charge in [-0.2, -0.15) is 5.10 Å². The van der Waals surface area contributed by atoms with E-state index in [1.54, 1.807) is 10.9 Å². The van der Waals surface area contributed by atoms with E-state index in [0.717, 1.165) is 37.8 Å². The number of hydrogen-bond acceptors (Lipinski definition) is 5. The van der Waals surface area contributed by atoms with Gasteiger partial charge in [0.1, 0.15) is 5.56 Å². The Morgan fingerprint density at radius 2 is 1.73 bits per heavy atom. The maximum atomic E-state index is 13.5. The van der Waals surface area contributed by atoms with Gasteiger partial charge >= 0.3 is 0 Å². The molecule has 1 saturated heterocycles. The molecule has 1 aliphatic heterocycles. The molecule has 0 radical (unpaired) electrons. The Hall–Kier alpha value is -2.09. The number of carbonyl (C=O) groups excluding carboxylic acids is 2. The average molecular weight is 514 g/mol. The molecule has 5 aliphatic rings. The van der Waals surface area contributed by atoms with Crippen molar-refractivity contribution in [1.29, 1.82) is 0 Å². The number of piperidine rings is 1. The lowest BCUT2D eigenvalue weighted by molar-refractivity contribution is -0.130. The summed E-state index contributed by atoms with van der Waals surface area (Å²) in [6, 6.07) is 0.516. The number of aromatic nitrogens is 2. The van der Waals surface area contributed by atoms with Crippen molar-refractivity contribution in [1.82, 2.24) is 25.7 Å². The normalized spacial score (nSPS) is 29.5. The van der Waals surface area contributed by atoms with E-state index in [1.165, 1.54) is 32.1 Å². The zero-order chi connectivity index (χ0) is 26.2. The first kappa shape index (κ1) is 26.5. The summed E-state index contributed by atoms with van der Waals surface area (Å²) in [5.41, 5.74) is -0.0268. The molecular weight excluding hydrogens is 466 g/mol. The van der Waals surface area contributed by atoms with E-state index in [-0.39, 0.29) is 23.9 Å². The largest absolute Gasteiger partial charge is 0.477 e. The summed E-state index contributed by atoms with van der Waals surface area (Å²) in [5.74, 6) is 3.86. The molecule has 1 aromatic heterocycles. The Labute approximate surface area is 222 Å². The molecule has 0 atom stereocenters. The lowest BCUT2D eigenvalue weighted by Gasteiger charge is -2.54. The Morgan fingerprint density at radius 1 is 1.08 bits per heavy atom. The highest BCUT2D eigenvalue weighted by atomic mass is 16.5. The first-order chi connectivity index (χ1) is 17.7. The Kier molecular flexibility index (Phi) is 7.85. The molecule has 4 saturated carbocycles. The maximum Gasteiger partial charge on any atom is 0.258 e. The van der Waals surface area contributed by atoms with E-state index in [4.69, 9.17) is 4.74 Å². The predicted molar refractivity (Wildman–Crippen MR) is 143 cm³/mol. The Bertz CT molecular complexity index is 937. The summed E-state index contributed by atoms with van der Waals surface area (Å²) < 4.78 is 7.96. The summed E-state index contributed by atoms with van der Waals surface area (Å²) in [7, 11) is 0.